The minimum atomic E-state index is -0.224. The van der Waals surface area contributed by atoms with Gasteiger partial charge < -0.3 is 52.3 Å². The first-order valence-electron chi connectivity index (χ1n) is 20.4. The van der Waals surface area contributed by atoms with Gasteiger partial charge in [-0.3, -0.25) is 0 Å². The molecule has 0 spiro atoms. The van der Waals surface area contributed by atoms with Crippen molar-refractivity contribution in [1.82, 2.24) is 0 Å². The van der Waals surface area contributed by atoms with Crippen molar-refractivity contribution in [3.8, 4) is 11.5 Å². The number of azide groups is 1. The SMILES string of the molecule is COCCOCCOCCOCCOc1ccc2c(c1)C(C)(C)C(/C=C/C=C1/N(C)c3ccc(OCCOCCOCCOCCOCCN=[N+]=[N-])cc3C1(C)C)=[N+]2C. The predicted molar refractivity (Wildman–Crippen MR) is 228 cm³/mol. The normalized spacial score (nSPS) is 15.9. The number of hydrogen-bond acceptors (Lipinski definition) is 12. The highest BCUT2D eigenvalue weighted by Crippen LogP contribution is 2.48. The van der Waals surface area contributed by atoms with E-state index < -0.39 is 0 Å². The minimum Gasteiger partial charge on any atom is -0.491 e. The van der Waals surface area contributed by atoms with Crippen LogP contribution in [0.3, 0.4) is 0 Å². The summed E-state index contributed by atoms with van der Waals surface area (Å²) in [5, 5.41) is 3.41. The molecule has 15 nitrogen and oxygen atoms in total. The molecule has 4 rings (SSSR count). The van der Waals surface area contributed by atoms with Crippen LogP contribution in [0, 0.1) is 0 Å². The van der Waals surface area contributed by atoms with Crippen LogP contribution in [0.2, 0.25) is 0 Å². The van der Waals surface area contributed by atoms with Crippen molar-refractivity contribution >= 4 is 17.1 Å². The number of hydrogen-bond donors (Lipinski definition) is 0. The standard InChI is InChI=1S/C44H66N5O10/c1-43(2)37-33-35(58-31-29-56-27-25-54-22-21-52-18-17-50-7)11-13-39(37)48(5)41(43)9-8-10-42-44(3,4)38-34-36(12-14-40(38)49(42)6)59-32-30-57-28-26-55-24-23-53-20-19-51-16-15-46-47-45/h8-14,33-34H,15-32H2,1-7H3/q+1. The van der Waals surface area contributed by atoms with Gasteiger partial charge in [0.15, 0.2) is 5.71 Å². The van der Waals surface area contributed by atoms with E-state index >= 15 is 0 Å². The van der Waals surface area contributed by atoms with Gasteiger partial charge in [0, 0.05) is 60.1 Å². The lowest BCUT2D eigenvalue weighted by molar-refractivity contribution is -0.401. The molecule has 2 aromatic carbocycles. The number of benzene rings is 2. The van der Waals surface area contributed by atoms with Gasteiger partial charge in [-0.05, 0) is 61.3 Å². The summed E-state index contributed by atoms with van der Waals surface area (Å²) in [5.41, 5.74) is 15.0. The van der Waals surface area contributed by atoms with E-state index in [0.29, 0.717) is 119 Å². The van der Waals surface area contributed by atoms with Gasteiger partial charge >= 0.3 is 0 Å². The second kappa shape index (κ2) is 25.6. The van der Waals surface area contributed by atoms with Gasteiger partial charge in [-0.1, -0.05) is 25.0 Å². The molecule has 0 unspecified atom stereocenters. The summed E-state index contributed by atoms with van der Waals surface area (Å²) >= 11 is 0. The van der Waals surface area contributed by atoms with Crippen LogP contribution >= 0.6 is 0 Å². The van der Waals surface area contributed by atoms with Crippen LogP contribution in [0.4, 0.5) is 11.4 Å². The Morgan fingerprint density at radius 2 is 1.12 bits per heavy atom. The molecule has 0 amide bonds. The van der Waals surface area contributed by atoms with E-state index in [1.54, 1.807) is 7.11 Å². The summed E-state index contributed by atoms with van der Waals surface area (Å²) in [6.07, 6.45) is 6.62. The van der Waals surface area contributed by atoms with Crippen LogP contribution in [0.1, 0.15) is 38.8 Å². The average Bonchev–Trinajstić information content (AvgIpc) is 3.53. The summed E-state index contributed by atoms with van der Waals surface area (Å²) in [7, 11) is 5.90. The number of fused-ring (bicyclic) bond motifs is 2. The highest BCUT2D eigenvalue weighted by molar-refractivity contribution is 6.03. The van der Waals surface area contributed by atoms with E-state index in [9.17, 15) is 0 Å². The maximum atomic E-state index is 8.23. The zero-order chi connectivity index (χ0) is 42.4. The number of rotatable bonds is 31. The quantitative estimate of drug-likeness (QED) is 0.0274. The summed E-state index contributed by atoms with van der Waals surface area (Å²) in [5.74, 6) is 1.65. The third-order valence-corrected chi connectivity index (χ3v) is 10.2. The maximum Gasteiger partial charge on any atom is 0.209 e. The Morgan fingerprint density at radius 3 is 1.64 bits per heavy atom. The summed E-state index contributed by atoms with van der Waals surface area (Å²) in [6, 6.07) is 12.6. The zero-order valence-electron chi connectivity index (χ0n) is 36.2. The van der Waals surface area contributed by atoms with Crippen molar-refractivity contribution in [2.45, 2.75) is 38.5 Å². The molecule has 15 heteroatoms. The van der Waals surface area contributed by atoms with E-state index in [0.717, 1.165) is 11.5 Å². The van der Waals surface area contributed by atoms with Crippen LogP contribution in [-0.2, 0) is 48.7 Å². The van der Waals surface area contributed by atoms with Crippen molar-refractivity contribution in [3.05, 3.63) is 81.9 Å². The fraction of sp³-hybridized carbons (Fsp3) is 0.614. The highest BCUT2D eigenvalue weighted by atomic mass is 16.6. The van der Waals surface area contributed by atoms with Gasteiger partial charge in [-0.2, -0.15) is 4.58 Å². The molecule has 2 aliphatic rings. The Morgan fingerprint density at radius 1 is 0.644 bits per heavy atom. The fourth-order valence-corrected chi connectivity index (χ4v) is 7.07. The van der Waals surface area contributed by atoms with Gasteiger partial charge in [0.05, 0.1) is 105 Å². The van der Waals surface area contributed by atoms with Gasteiger partial charge in [0.25, 0.3) is 0 Å². The lowest BCUT2D eigenvalue weighted by atomic mass is 9.81. The molecule has 0 saturated carbocycles. The fourth-order valence-electron chi connectivity index (χ4n) is 7.07. The summed E-state index contributed by atoms with van der Waals surface area (Å²) in [6.45, 7) is 17.7. The molecule has 2 aliphatic heterocycles. The molecule has 0 aromatic heterocycles. The van der Waals surface area contributed by atoms with Crippen LogP contribution in [0.5, 0.6) is 11.5 Å². The lowest BCUT2D eigenvalue weighted by Crippen LogP contribution is -2.26. The minimum absolute atomic E-state index is 0.217. The molecule has 0 saturated heterocycles. The van der Waals surface area contributed by atoms with Gasteiger partial charge in [-0.25, -0.2) is 0 Å². The molecule has 2 aromatic rings. The van der Waals surface area contributed by atoms with Crippen LogP contribution < -0.4 is 14.4 Å². The Balaban J connectivity index is 1.17. The number of allylic oxidation sites excluding steroid dienone is 4. The Bertz CT molecular complexity index is 1720. The Kier molecular flexibility index (Phi) is 20.7. The molecular formula is C44H66N5O10+. The highest BCUT2D eigenvalue weighted by Gasteiger charge is 2.43. The van der Waals surface area contributed by atoms with Crippen molar-refractivity contribution in [1.29, 1.82) is 0 Å². The van der Waals surface area contributed by atoms with Gasteiger partial charge in [0.1, 0.15) is 31.8 Å². The first-order chi connectivity index (χ1) is 28.6. The number of likely N-dealkylation sites (N-methyl/N-ethyl adjacent to an activating group) is 1. The van der Waals surface area contributed by atoms with E-state index in [1.807, 2.05) is 12.1 Å². The second-order valence-corrected chi connectivity index (χ2v) is 15.0. The molecule has 2 heterocycles. The number of methoxy groups -OCH3 is 1. The molecule has 326 valence electrons. The van der Waals surface area contributed by atoms with Crippen molar-refractivity contribution < 1.29 is 51.9 Å². The first-order valence-corrected chi connectivity index (χ1v) is 20.4. The molecule has 0 atom stereocenters. The van der Waals surface area contributed by atoms with Crippen molar-refractivity contribution in [3.63, 3.8) is 0 Å². The van der Waals surface area contributed by atoms with Crippen LogP contribution in [0.15, 0.2) is 65.4 Å². The first kappa shape index (κ1) is 47.7. The maximum absolute atomic E-state index is 8.23. The predicted octanol–water partition coefficient (Wildman–Crippen LogP) is 6.39. The van der Waals surface area contributed by atoms with Crippen LogP contribution in [0.25, 0.3) is 10.4 Å². The van der Waals surface area contributed by atoms with Gasteiger partial charge in [0.2, 0.25) is 5.69 Å². The van der Waals surface area contributed by atoms with E-state index in [1.165, 1.54) is 33.9 Å². The van der Waals surface area contributed by atoms with E-state index in [-0.39, 0.29) is 10.8 Å². The topological polar surface area (TPSA) is 147 Å². The molecule has 0 fully saturated rings. The van der Waals surface area contributed by atoms with E-state index in [4.69, 9.17) is 52.9 Å². The second-order valence-electron chi connectivity index (χ2n) is 15.0. The van der Waals surface area contributed by atoms with E-state index in [2.05, 4.69) is 104 Å². The summed E-state index contributed by atoms with van der Waals surface area (Å²) < 4.78 is 58.0. The largest absolute Gasteiger partial charge is 0.491 e. The van der Waals surface area contributed by atoms with Gasteiger partial charge in [-0.15, -0.1) is 0 Å². The molecule has 0 bridgehead atoms. The molecule has 0 radical (unpaired) electrons. The third kappa shape index (κ3) is 14.6. The Labute approximate surface area is 350 Å². The number of anilines is 1. The molecule has 59 heavy (non-hydrogen) atoms. The average molecular weight is 825 g/mol. The van der Waals surface area contributed by atoms with Crippen LogP contribution in [-0.4, -0.2) is 150 Å². The molecule has 0 N–H and O–H groups in total. The zero-order valence-corrected chi connectivity index (χ0v) is 36.2. The monoisotopic (exact) mass is 824 g/mol. The summed E-state index contributed by atoms with van der Waals surface area (Å²) in [4.78, 5) is 4.94. The van der Waals surface area contributed by atoms with Crippen molar-refractivity contribution in [2.75, 3.05) is 145 Å². The third-order valence-electron chi connectivity index (χ3n) is 10.2. The smallest absolute Gasteiger partial charge is 0.209 e. The lowest BCUT2D eigenvalue weighted by Gasteiger charge is -2.23. The number of ether oxygens (including phenoxy) is 10. The van der Waals surface area contributed by atoms with Crippen molar-refractivity contribution in [2.24, 2.45) is 5.11 Å². The Hall–Kier alpha value is -4.02. The molecular weight excluding hydrogens is 759 g/mol. The number of nitrogens with zero attached hydrogens (tertiary/aromatic N) is 5. The molecule has 0 aliphatic carbocycles.